The van der Waals surface area contributed by atoms with E-state index in [2.05, 4.69) is 20.3 Å². The molecule has 8 heteroatoms. The Bertz CT molecular complexity index is 464. The molecule has 1 heterocycles. The maximum atomic E-state index is 11.5. The Morgan fingerprint density at radius 1 is 1.39 bits per heavy atom. The zero-order valence-corrected chi connectivity index (χ0v) is 11.2. The van der Waals surface area contributed by atoms with Gasteiger partial charge < -0.3 is 9.47 Å². The van der Waals surface area contributed by atoms with Crippen LogP contribution < -0.4 is 5.32 Å². The molecule has 1 aromatic heterocycles. The molecule has 0 aliphatic carbocycles. The van der Waals surface area contributed by atoms with Crippen molar-refractivity contribution in [1.82, 2.24) is 10.2 Å². The fourth-order valence-electron chi connectivity index (χ4n) is 1.05. The Hall–Kier alpha value is -1.76. The third-order valence-electron chi connectivity index (χ3n) is 1.72. The second-order valence-electron chi connectivity index (χ2n) is 4.38. The van der Waals surface area contributed by atoms with Crippen LogP contribution in [0.1, 0.15) is 31.3 Å². The van der Waals surface area contributed by atoms with Crippen molar-refractivity contribution >= 4 is 29.5 Å². The van der Waals surface area contributed by atoms with Gasteiger partial charge in [0.15, 0.2) is 11.5 Å². The normalized spacial score (nSPS) is 10.9. The van der Waals surface area contributed by atoms with Crippen molar-refractivity contribution in [3.05, 3.63) is 10.7 Å². The predicted molar refractivity (Wildman–Crippen MR) is 64.8 cm³/mol. The zero-order chi connectivity index (χ0) is 13.9. The summed E-state index contributed by atoms with van der Waals surface area (Å²) in [6.07, 6.45) is -0.715. The number of esters is 1. The van der Waals surface area contributed by atoms with Gasteiger partial charge in [0.25, 0.3) is 0 Å². The number of anilines is 1. The molecule has 1 rings (SSSR count). The summed E-state index contributed by atoms with van der Waals surface area (Å²) < 4.78 is 9.49. The molecule has 1 aromatic rings. The molecule has 0 spiro atoms. The van der Waals surface area contributed by atoms with Crippen LogP contribution in [0.25, 0.3) is 0 Å². The lowest BCUT2D eigenvalue weighted by molar-refractivity contribution is 0.0591. The van der Waals surface area contributed by atoms with Gasteiger partial charge in [-0.25, -0.2) is 9.59 Å². The van der Waals surface area contributed by atoms with Gasteiger partial charge in [-0.2, -0.15) is 5.10 Å². The summed E-state index contributed by atoms with van der Waals surface area (Å²) in [6, 6.07) is 0. The van der Waals surface area contributed by atoms with Gasteiger partial charge in [0.05, 0.1) is 7.11 Å². The van der Waals surface area contributed by atoms with E-state index in [0.717, 1.165) is 0 Å². The van der Waals surface area contributed by atoms with E-state index in [4.69, 9.17) is 16.3 Å². The van der Waals surface area contributed by atoms with Crippen molar-refractivity contribution < 1.29 is 19.1 Å². The van der Waals surface area contributed by atoms with Crippen molar-refractivity contribution in [2.75, 3.05) is 12.4 Å². The Morgan fingerprint density at radius 3 is 2.50 bits per heavy atom. The van der Waals surface area contributed by atoms with Gasteiger partial charge in [-0.15, -0.1) is 0 Å². The molecule has 0 aliphatic heterocycles. The van der Waals surface area contributed by atoms with Crippen molar-refractivity contribution in [2.45, 2.75) is 26.4 Å². The fourth-order valence-corrected chi connectivity index (χ4v) is 1.26. The highest BCUT2D eigenvalue weighted by atomic mass is 35.5. The highest BCUT2D eigenvalue weighted by Gasteiger charge is 2.22. The molecule has 0 aliphatic rings. The molecule has 0 radical (unpaired) electrons. The van der Waals surface area contributed by atoms with Crippen molar-refractivity contribution in [1.29, 1.82) is 0 Å². The van der Waals surface area contributed by atoms with E-state index >= 15 is 0 Å². The molecule has 100 valence electrons. The summed E-state index contributed by atoms with van der Waals surface area (Å²) in [5, 5.41) is 8.34. The fraction of sp³-hybridized carbons (Fsp3) is 0.500. The molecular weight excluding hydrogens is 262 g/mol. The molecule has 0 unspecified atom stereocenters. The van der Waals surface area contributed by atoms with Crippen LogP contribution in [0.5, 0.6) is 0 Å². The topological polar surface area (TPSA) is 93.3 Å². The van der Waals surface area contributed by atoms with Crippen LogP contribution in [0.15, 0.2) is 0 Å². The Labute approximate surface area is 109 Å². The number of H-pyrrole nitrogens is 1. The second kappa shape index (κ2) is 5.26. The van der Waals surface area contributed by atoms with E-state index in [1.54, 1.807) is 20.8 Å². The molecule has 7 nitrogen and oxygen atoms in total. The zero-order valence-electron chi connectivity index (χ0n) is 10.5. The molecule has 2 N–H and O–H groups in total. The number of nitrogens with zero attached hydrogens (tertiary/aromatic N) is 1. The minimum Gasteiger partial charge on any atom is -0.464 e. The molecular formula is C10H14ClN3O4. The van der Waals surface area contributed by atoms with Crippen LogP contribution in [-0.2, 0) is 9.47 Å². The molecule has 18 heavy (non-hydrogen) atoms. The van der Waals surface area contributed by atoms with Crippen LogP contribution in [0.2, 0.25) is 5.02 Å². The summed E-state index contributed by atoms with van der Waals surface area (Å²) in [5.41, 5.74) is -0.678. The molecule has 0 aromatic carbocycles. The van der Waals surface area contributed by atoms with Crippen LogP contribution in [-0.4, -0.2) is 35.0 Å². The summed E-state index contributed by atoms with van der Waals surface area (Å²) in [6.45, 7) is 5.16. The van der Waals surface area contributed by atoms with E-state index in [-0.39, 0.29) is 16.5 Å². The summed E-state index contributed by atoms with van der Waals surface area (Å²) in [7, 11) is 1.21. The van der Waals surface area contributed by atoms with E-state index in [1.165, 1.54) is 7.11 Å². The van der Waals surface area contributed by atoms with Crippen molar-refractivity contribution in [2.24, 2.45) is 0 Å². The minimum atomic E-state index is -0.715. The average molecular weight is 276 g/mol. The lowest BCUT2D eigenvalue weighted by atomic mass is 10.2. The smallest absolute Gasteiger partial charge is 0.413 e. The third kappa shape index (κ3) is 3.63. The maximum absolute atomic E-state index is 11.5. The average Bonchev–Trinajstić information content (AvgIpc) is 2.57. The molecule has 0 saturated heterocycles. The van der Waals surface area contributed by atoms with Crippen LogP contribution in [0.3, 0.4) is 0 Å². The first-order valence-electron chi connectivity index (χ1n) is 5.07. The third-order valence-corrected chi connectivity index (χ3v) is 2.08. The van der Waals surface area contributed by atoms with Gasteiger partial charge in [0.2, 0.25) is 0 Å². The molecule has 0 bridgehead atoms. The minimum absolute atomic E-state index is 0.00585. The monoisotopic (exact) mass is 275 g/mol. The quantitative estimate of drug-likeness (QED) is 0.807. The van der Waals surface area contributed by atoms with Gasteiger partial charge in [-0.05, 0) is 20.8 Å². The summed E-state index contributed by atoms with van der Waals surface area (Å²) in [4.78, 5) is 22.7. The first kappa shape index (κ1) is 14.3. The van der Waals surface area contributed by atoms with Gasteiger partial charge >= 0.3 is 12.1 Å². The lowest BCUT2D eigenvalue weighted by Crippen LogP contribution is -2.27. The summed E-state index contributed by atoms with van der Waals surface area (Å²) >= 11 is 5.85. The van der Waals surface area contributed by atoms with Crippen molar-refractivity contribution in [3.8, 4) is 0 Å². The largest absolute Gasteiger partial charge is 0.464 e. The number of hydrogen-bond acceptors (Lipinski definition) is 5. The Balaban J connectivity index is 2.78. The van der Waals surface area contributed by atoms with Crippen LogP contribution >= 0.6 is 11.6 Å². The second-order valence-corrected chi connectivity index (χ2v) is 4.76. The number of carbonyl (C=O) groups excluding carboxylic acids is 2. The van der Waals surface area contributed by atoms with Gasteiger partial charge in [0, 0.05) is 0 Å². The number of halogens is 1. The summed E-state index contributed by atoms with van der Waals surface area (Å²) in [5.74, 6) is -0.670. The Morgan fingerprint density at radius 2 is 2.00 bits per heavy atom. The number of carbonyl (C=O) groups is 2. The first-order chi connectivity index (χ1) is 8.24. The SMILES string of the molecule is COC(=O)c1[nH]nc(NC(=O)OC(C)(C)C)c1Cl. The molecule has 0 atom stereocenters. The highest BCUT2D eigenvalue weighted by molar-refractivity contribution is 6.36. The number of amides is 1. The first-order valence-corrected chi connectivity index (χ1v) is 5.44. The Kier molecular flexibility index (Phi) is 4.18. The number of rotatable bonds is 2. The standard InChI is InChI=1S/C10H14ClN3O4/c1-10(2,3)18-9(16)12-7-5(11)6(13-14-7)8(15)17-4/h1-4H3,(H2,12,13,14,16). The van der Waals surface area contributed by atoms with E-state index < -0.39 is 17.7 Å². The number of aromatic amines is 1. The van der Waals surface area contributed by atoms with Gasteiger partial charge in [-0.3, -0.25) is 10.4 Å². The van der Waals surface area contributed by atoms with Crippen LogP contribution in [0, 0.1) is 0 Å². The van der Waals surface area contributed by atoms with Crippen LogP contribution in [0.4, 0.5) is 10.6 Å². The number of ether oxygens (including phenoxy) is 2. The molecule has 0 fully saturated rings. The molecule has 0 saturated carbocycles. The number of methoxy groups -OCH3 is 1. The number of nitrogens with one attached hydrogen (secondary N) is 2. The molecule has 1 amide bonds. The predicted octanol–water partition coefficient (Wildman–Crippen LogP) is 2.20. The van der Waals surface area contributed by atoms with Gasteiger partial charge in [0.1, 0.15) is 10.6 Å². The van der Waals surface area contributed by atoms with Gasteiger partial charge in [-0.1, -0.05) is 11.6 Å². The lowest BCUT2D eigenvalue weighted by Gasteiger charge is -2.19. The van der Waals surface area contributed by atoms with E-state index in [9.17, 15) is 9.59 Å². The van der Waals surface area contributed by atoms with Crippen molar-refractivity contribution in [3.63, 3.8) is 0 Å². The maximum Gasteiger partial charge on any atom is 0.413 e. The van der Waals surface area contributed by atoms with E-state index in [0.29, 0.717) is 0 Å². The number of hydrogen-bond donors (Lipinski definition) is 2. The highest BCUT2D eigenvalue weighted by Crippen LogP contribution is 2.24. The van der Waals surface area contributed by atoms with E-state index in [1.807, 2.05) is 0 Å². The number of aromatic nitrogens is 2.